The molecule has 4 aromatic rings. The highest BCUT2D eigenvalue weighted by Gasteiger charge is 2.12. The zero-order valence-corrected chi connectivity index (χ0v) is 16.4. The minimum absolute atomic E-state index is 0.127. The SMILES string of the molecule is CCc1ccccc1NC(=O)C=C(c1ccccc1)c1cccc2ccccc12. The Balaban J connectivity index is 1.80. The molecule has 0 saturated heterocycles. The molecule has 0 saturated carbocycles. The molecule has 4 rings (SSSR count). The monoisotopic (exact) mass is 377 g/mol. The molecule has 0 aliphatic rings. The first-order valence-corrected chi connectivity index (χ1v) is 9.90. The van der Waals surface area contributed by atoms with Gasteiger partial charge in [-0.25, -0.2) is 0 Å². The second-order valence-corrected chi connectivity index (χ2v) is 6.95. The topological polar surface area (TPSA) is 29.1 Å². The number of hydrogen-bond donors (Lipinski definition) is 1. The van der Waals surface area contributed by atoms with Gasteiger partial charge in [0.2, 0.25) is 5.91 Å². The molecular weight excluding hydrogens is 354 g/mol. The third-order valence-electron chi connectivity index (χ3n) is 5.10. The lowest BCUT2D eigenvalue weighted by Gasteiger charge is -2.13. The van der Waals surface area contributed by atoms with E-state index in [0.717, 1.165) is 45.1 Å². The second-order valence-electron chi connectivity index (χ2n) is 6.95. The number of aryl methyl sites for hydroxylation is 1. The highest BCUT2D eigenvalue weighted by Crippen LogP contribution is 2.30. The summed E-state index contributed by atoms with van der Waals surface area (Å²) >= 11 is 0. The van der Waals surface area contributed by atoms with E-state index in [-0.39, 0.29) is 5.91 Å². The van der Waals surface area contributed by atoms with E-state index in [0.29, 0.717) is 0 Å². The quantitative estimate of drug-likeness (QED) is 0.397. The molecule has 0 unspecified atom stereocenters. The van der Waals surface area contributed by atoms with Crippen LogP contribution in [0.15, 0.2) is 103 Å². The van der Waals surface area contributed by atoms with Crippen LogP contribution in [-0.4, -0.2) is 5.91 Å². The Bertz CT molecular complexity index is 1170. The summed E-state index contributed by atoms with van der Waals surface area (Å²) in [5.41, 5.74) is 4.96. The highest BCUT2D eigenvalue weighted by atomic mass is 16.1. The Morgan fingerprint density at radius 3 is 2.31 bits per heavy atom. The summed E-state index contributed by atoms with van der Waals surface area (Å²) in [6.07, 6.45) is 2.58. The summed E-state index contributed by atoms with van der Waals surface area (Å²) in [5, 5.41) is 5.35. The van der Waals surface area contributed by atoms with Crippen molar-refractivity contribution in [2.45, 2.75) is 13.3 Å². The molecule has 2 heteroatoms. The Labute approximate surface area is 171 Å². The molecule has 0 aliphatic heterocycles. The van der Waals surface area contributed by atoms with E-state index in [4.69, 9.17) is 0 Å². The van der Waals surface area contributed by atoms with E-state index in [1.807, 2.05) is 72.8 Å². The molecule has 4 aromatic carbocycles. The lowest BCUT2D eigenvalue weighted by atomic mass is 9.93. The summed E-state index contributed by atoms with van der Waals surface area (Å²) in [4.78, 5) is 13.0. The minimum atomic E-state index is -0.127. The largest absolute Gasteiger partial charge is 0.322 e. The van der Waals surface area contributed by atoms with Gasteiger partial charge < -0.3 is 5.32 Å². The van der Waals surface area contributed by atoms with E-state index in [1.54, 1.807) is 6.08 Å². The first kappa shape index (κ1) is 18.7. The van der Waals surface area contributed by atoms with Crippen molar-refractivity contribution >= 4 is 27.9 Å². The van der Waals surface area contributed by atoms with Gasteiger partial charge in [-0.2, -0.15) is 0 Å². The highest BCUT2D eigenvalue weighted by molar-refractivity contribution is 6.09. The molecule has 0 fully saturated rings. The summed E-state index contributed by atoms with van der Waals surface area (Å²) in [6, 6.07) is 32.5. The second kappa shape index (κ2) is 8.57. The van der Waals surface area contributed by atoms with E-state index < -0.39 is 0 Å². The van der Waals surface area contributed by atoms with Gasteiger partial charge in [-0.1, -0.05) is 97.9 Å². The number of amides is 1. The van der Waals surface area contributed by atoms with E-state index in [9.17, 15) is 4.79 Å². The van der Waals surface area contributed by atoms with Gasteiger partial charge in [-0.15, -0.1) is 0 Å². The molecule has 0 spiro atoms. The number of hydrogen-bond acceptors (Lipinski definition) is 1. The number of fused-ring (bicyclic) bond motifs is 1. The molecule has 0 atom stereocenters. The maximum absolute atomic E-state index is 13.0. The molecule has 0 heterocycles. The summed E-state index contributed by atoms with van der Waals surface area (Å²) in [7, 11) is 0. The van der Waals surface area contributed by atoms with Crippen LogP contribution >= 0.6 is 0 Å². The number of benzene rings is 4. The van der Waals surface area contributed by atoms with Gasteiger partial charge in [0.05, 0.1) is 0 Å². The van der Waals surface area contributed by atoms with Gasteiger partial charge in [0, 0.05) is 11.8 Å². The smallest absolute Gasteiger partial charge is 0.249 e. The first-order valence-electron chi connectivity index (χ1n) is 9.90. The van der Waals surface area contributed by atoms with Crippen LogP contribution in [0.2, 0.25) is 0 Å². The Hall–Kier alpha value is -3.65. The lowest BCUT2D eigenvalue weighted by Crippen LogP contribution is -2.11. The first-order chi connectivity index (χ1) is 14.3. The Kier molecular flexibility index (Phi) is 5.53. The van der Waals surface area contributed by atoms with Crippen molar-refractivity contribution in [2.24, 2.45) is 0 Å². The molecular formula is C27H23NO. The van der Waals surface area contributed by atoms with Crippen LogP contribution in [0, 0.1) is 0 Å². The van der Waals surface area contributed by atoms with Crippen LogP contribution in [0.25, 0.3) is 16.3 Å². The van der Waals surface area contributed by atoms with Gasteiger partial charge in [0.1, 0.15) is 0 Å². The number of nitrogens with one attached hydrogen (secondary N) is 1. The van der Waals surface area contributed by atoms with E-state index >= 15 is 0 Å². The molecule has 0 radical (unpaired) electrons. The van der Waals surface area contributed by atoms with Crippen molar-refractivity contribution in [3.8, 4) is 0 Å². The maximum Gasteiger partial charge on any atom is 0.249 e. The zero-order valence-electron chi connectivity index (χ0n) is 16.4. The number of anilines is 1. The van der Waals surface area contributed by atoms with E-state index in [2.05, 4.69) is 36.5 Å². The van der Waals surface area contributed by atoms with Crippen molar-refractivity contribution < 1.29 is 4.79 Å². The number of carbonyl (C=O) groups excluding carboxylic acids is 1. The third kappa shape index (κ3) is 4.12. The third-order valence-corrected chi connectivity index (χ3v) is 5.10. The van der Waals surface area contributed by atoms with Gasteiger partial charge in [-0.3, -0.25) is 4.79 Å². The van der Waals surface area contributed by atoms with Gasteiger partial charge in [0.25, 0.3) is 0 Å². The number of rotatable bonds is 5. The van der Waals surface area contributed by atoms with Crippen molar-refractivity contribution in [3.63, 3.8) is 0 Å². The van der Waals surface area contributed by atoms with E-state index in [1.165, 1.54) is 0 Å². The van der Waals surface area contributed by atoms with Crippen LogP contribution in [0.1, 0.15) is 23.6 Å². The summed E-state index contributed by atoms with van der Waals surface area (Å²) in [6.45, 7) is 2.09. The normalized spacial score (nSPS) is 11.4. The standard InChI is InChI=1S/C27H23NO/c1-2-20-11-7-9-18-26(20)28-27(29)19-25(22-12-4-3-5-13-22)24-17-10-15-21-14-6-8-16-23(21)24/h3-19H,2H2,1H3,(H,28,29). The molecule has 142 valence electrons. The zero-order chi connectivity index (χ0) is 20.1. The fraction of sp³-hybridized carbons (Fsp3) is 0.0741. The van der Waals surface area contributed by atoms with Gasteiger partial charge in [0.15, 0.2) is 0 Å². The minimum Gasteiger partial charge on any atom is -0.322 e. The predicted octanol–water partition coefficient (Wildman–Crippen LogP) is 6.47. The average molecular weight is 377 g/mol. The molecule has 0 aliphatic carbocycles. The molecule has 0 aromatic heterocycles. The Morgan fingerprint density at radius 1 is 0.793 bits per heavy atom. The molecule has 0 bridgehead atoms. The molecule has 1 N–H and O–H groups in total. The molecule has 1 amide bonds. The van der Waals surface area contributed by atoms with Crippen LogP contribution in [-0.2, 0) is 11.2 Å². The number of para-hydroxylation sites is 1. The van der Waals surface area contributed by atoms with Crippen LogP contribution in [0.4, 0.5) is 5.69 Å². The van der Waals surface area contributed by atoms with Crippen LogP contribution in [0.3, 0.4) is 0 Å². The molecule has 2 nitrogen and oxygen atoms in total. The number of carbonyl (C=O) groups is 1. The van der Waals surface area contributed by atoms with Gasteiger partial charge >= 0.3 is 0 Å². The van der Waals surface area contributed by atoms with Crippen molar-refractivity contribution in [1.82, 2.24) is 0 Å². The maximum atomic E-state index is 13.0. The summed E-state index contributed by atoms with van der Waals surface area (Å²) < 4.78 is 0. The predicted molar refractivity (Wildman–Crippen MR) is 122 cm³/mol. The lowest BCUT2D eigenvalue weighted by molar-refractivity contribution is -0.111. The van der Waals surface area contributed by atoms with Crippen molar-refractivity contribution in [2.75, 3.05) is 5.32 Å². The fourth-order valence-electron chi connectivity index (χ4n) is 3.65. The van der Waals surface area contributed by atoms with Crippen LogP contribution in [0.5, 0.6) is 0 Å². The van der Waals surface area contributed by atoms with Gasteiger partial charge in [-0.05, 0) is 45.5 Å². The fourth-order valence-corrected chi connectivity index (χ4v) is 3.65. The van der Waals surface area contributed by atoms with Crippen molar-refractivity contribution in [3.05, 3.63) is 120 Å². The van der Waals surface area contributed by atoms with Crippen LogP contribution < -0.4 is 5.32 Å². The average Bonchev–Trinajstić information content (AvgIpc) is 2.78. The Morgan fingerprint density at radius 2 is 1.48 bits per heavy atom. The van der Waals surface area contributed by atoms with Crippen molar-refractivity contribution in [1.29, 1.82) is 0 Å². The summed E-state index contributed by atoms with van der Waals surface area (Å²) in [5.74, 6) is -0.127. The molecule has 29 heavy (non-hydrogen) atoms.